The second-order valence-electron chi connectivity index (χ2n) is 8.34. The smallest absolute Gasteiger partial charge is 0.315 e. The van der Waals surface area contributed by atoms with E-state index in [0.29, 0.717) is 23.0 Å². The van der Waals surface area contributed by atoms with Crippen molar-refractivity contribution in [2.24, 2.45) is 0 Å². The summed E-state index contributed by atoms with van der Waals surface area (Å²) in [5, 5.41) is 10.2. The Morgan fingerprint density at radius 3 is 2.35 bits per heavy atom. The number of halogens is 3. The molecule has 1 fully saturated rings. The summed E-state index contributed by atoms with van der Waals surface area (Å²) in [6.45, 7) is 5.54. The van der Waals surface area contributed by atoms with Crippen LogP contribution in [0.3, 0.4) is 0 Å². The van der Waals surface area contributed by atoms with Gasteiger partial charge in [-0.3, -0.25) is 14.5 Å². The van der Waals surface area contributed by atoms with Crippen LogP contribution in [0.4, 0.5) is 24.5 Å². The van der Waals surface area contributed by atoms with Crippen molar-refractivity contribution in [2.45, 2.75) is 39.0 Å². The standard InChI is InChI=1S/C24H19F3N4O2S/c1-4-29-10-9-14-5-8-17(11-18(14)20(29)32)31-22(34)30(21(33)23(31,2)3)16-7-6-15(13-28)19(12-16)24(25,26)27/h5-12H,4H2,1-3H3. The lowest BCUT2D eigenvalue weighted by atomic mass is 10.0. The highest BCUT2D eigenvalue weighted by molar-refractivity contribution is 7.81. The highest BCUT2D eigenvalue weighted by atomic mass is 32.1. The average Bonchev–Trinajstić information content (AvgIpc) is 2.96. The summed E-state index contributed by atoms with van der Waals surface area (Å²) >= 11 is 5.56. The number of fused-ring (bicyclic) bond motifs is 1. The quantitative estimate of drug-likeness (QED) is 0.498. The van der Waals surface area contributed by atoms with E-state index in [9.17, 15) is 22.8 Å². The van der Waals surface area contributed by atoms with Gasteiger partial charge in [-0.15, -0.1) is 0 Å². The lowest BCUT2D eigenvalue weighted by molar-refractivity contribution is -0.137. The van der Waals surface area contributed by atoms with Gasteiger partial charge in [0, 0.05) is 23.8 Å². The topological polar surface area (TPSA) is 69.3 Å². The summed E-state index contributed by atoms with van der Waals surface area (Å²) in [5.74, 6) is -0.533. The van der Waals surface area contributed by atoms with Crippen LogP contribution in [-0.2, 0) is 17.5 Å². The molecule has 174 valence electrons. The number of hydrogen-bond acceptors (Lipinski definition) is 4. The molecule has 4 rings (SSSR count). The van der Waals surface area contributed by atoms with E-state index < -0.39 is 28.7 Å². The van der Waals surface area contributed by atoms with Crippen LogP contribution in [0.2, 0.25) is 0 Å². The first-order valence-electron chi connectivity index (χ1n) is 10.3. The number of anilines is 2. The Hall–Kier alpha value is -3.71. The number of thiocarbonyl (C=S) groups is 1. The number of carbonyl (C=O) groups excluding carboxylic acids is 1. The molecule has 1 amide bonds. The van der Waals surface area contributed by atoms with Crippen molar-refractivity contribution in [3.05, 3.63) is 70.1 Å². The molecule has 0 unspecified atom stereocenters. The van der Waals surface area contributed by atoms with Gasteiger partial charge < -0.3 is 9.47 Å². The van der Waals surface area contributed by atoms with Gasteiger partial charge >= 0.3 is 6.18 Å². The van der Waals surface area contributed by atoms with Gasteiger partial charge in [-0.2, -0.15) is 18.4 Å². The molecule has 1 saturated heterocycles. The first-order valence-corrected chi connectivity index (χ1v) is 10.8. The van der Waals surface area contributed by atoms with Gasteiger partial charge in [-0.25, -0.2) is 0 Å². The molecule has 2 aromatic carbocycles. The van der Waals surface area contributed by atoms with Gasteiger partial charge in [0.15, 0.2) is 5.11 Å². The lowest BCUT2D eigenvalue weighted by Gasteiger charge is -2.29. The van der Waals surface area contributed by atoms with Crippen LogP contribution >= 0.6 is 12.2 Å². The number of alkyl halides is 3. The minimum absolute atomic E-state index is 0.0288. The third-order valence-corrected chi connectivity index (χ3v) is 6.28. The molecule has 0 saturated carbocycles. The fourth-order valence-electron chi connectivity index (χ4n) is 4.12. The van der Waals surface area contributed by atoms with E-state index >= 15 is 0 Å². The Labute approximate surface area is 198 Å². The van der Waals surface area contributed by atoms with Crippen molar-refractivity contribution in [3.63, 3.8) is 0 Å². The largest absolute Gasteiger partial charge is 0.417 e. The molecule has 1 aromatic heterocycles. The SMILES string of the molecule is CCn1ccc2ccc(N3C(=S)N(c4ccc(C#N)c(C(F)(F)F)c4)C(=O)C3(C)C)cc2c1=O. The van der Waals surface area contributed by atoms with Crippen molar-refractivity contribution in [1.29, 1.82) is 5.26 Å². The molecule has 34 heavy (non-hydrogen) atoms. The Morgan fingerprint density at radius 1 is 1.06 bits per heavy atom. The third kappa shape index (κ3) is 3.53. The minimum Gasteiger partial charge on any atom is -0.315 e. The summed E-state index contributed by atoms with van der Waals surface area (Å²) in [4.78, 5) is 28.7. The fraction of sp³-hybridized carbons (Fsp3) is 0.250. The van der Waals surface area contributed by atoms with Gasteiger partial charge in [-0.1, -0.05) is 6.07 Å². The van der Waals surface area contributed by atoms with E-state index in [0.717, 1.165) is 17.0 Å². The number of aryl methyl sites for hydroxylation is 1. The maximum atomic E-state index is 13.5. The van der Waals surface area contributed by atoms with Crippen LogP contribution < -0.4 is 15.4 Å². The number of nitriles is 1. The first-order chi connectivity index (χ1) is 15.9. The van der Waals surface area contributed by atoms with Crippen LogP contribution in [-0.4, -0.2) is 21.1 Å². The molecular formula is C24H19F3N4O2S. The van der Waals surface area contributed by atoms with Crippen LogP contribution in [0.15, 0.2) is 53.5 Å². The van der Waals surface area contributed by atoms with Crippen molar-refractivity contribution < 1.29 is 18.0 Å². The number of amides is 1. The number of aromatic nitrogens is 1. The Morgan fingerprint density at radius 2 is 1.74 bits per heavy atom. The van der Waals surface area contributed by atoms with Gasteiger partial charge in [0.25, 0.3) is 11.5 Å². The zero-order valence-corrected chi connectivity index (χ0v) is 19.3. The number of pyridine rings is 1. The molecule has 0 spiro atoms. The highest BCUT2D eigenvalue weighted by Crippen LogP contribution is 2.40. The fourth-order valence-corrected chi connectivity index (χ4v) is 4.64. The van der Waals surface area contributed by atoms with Crippen LogP contribution in [0.25, 0.3) is 10.8 Å². The van der Waals surface area contributed by atoms with Crippen LogP contribution in [0, 0.1) is 11.3 Å². The van der Waals surface area contributed by atoms with Gasteiger partial charge in [0.2, 0.25) is 0 Å². The van der Waals surface area contributed by atoms with E-state index in [1.165, 1.54) is 17.0 Å². The highest BCUT2D eigenvalue weighted by Gasteiger charge is 2.50. The predicted octanol–water partition coefficient (Wildman–Crippen LogP) is 4.83. The summed E-state index contributed by atoms with van der Waals surface area (Å²) in [6, 6.07) is 11.5. The number of benzene rings is 2. The summed E-state index contributed by atoms with van der Waals surface area (Å²) in [6.07, 6.45) is -3.08. The summed E-state index contributed by atoms with van der Waals surface area (Å²) < 4.78 is 42.1. The Kier molecular flexibility index (Phi) is 5.49. The molecule has 0 atom stereocenters. The maximum Gasteiger partial charge on any atom is 0.417 e. The van der Waals surface area contributed by atoms with Crippen LogP contribution in [0.1, 0.15) is 31.9 Å². The van der Waals surface area contributed by atoms with E-state index in [2.05, 4.69) is 0 Å². The van der Waals surface area contributed by atoms with E-state index in [1.807, 2.05) is 13.0 Å². The second kappa shape index (κ2) is 7.95. The van der Waals surface area contributed by atoms with E-state index in [4.69, 9.17) is 17.5 Å². The molecule has 0 bridgehead atoms. The molecule has 2 heterocycles. The zero-order valence-electron chi connectivity index (χ0n) is 18.5. The second-order valence-corrected chi connectivity index (χ2v) is 8.70. The monoisotopic (exact) mass is 484 g/mol. The molecule has 1 aliphatic rings. The van der Waals surface area contributed by atoms with E-state index in [1.54, 1.807) is 42.8 Å². The van der Waals surface area contributed by atoms with Gasteiger partial charge in [0.05, 0.1) is 22.9 Å². The molecule has 6 nitrogen and oxygen atoms in total. The van der Waals surface area contributed by atoms with Crippen molar-refractivity contribution in [3.8, 4) is 6.07 Å². The molecule has 0 aliphatic carbocycles. The number of carbonyl (C=O) groups is 1. The number of nitrogens with zero attached hydrogens (tertiary/aromatic N) is 4. The van der Waals surface area contributed by atoms with Crippen molar-refractivity contribution in [2.75, 3.05) is 9.80 Å². The molecule has 10 heteroatoms. The first kappa shape index (κ1) is 23.4. The maximum absolute atomic E-state index is 13.5. The van der Waals surface area contributed by atoms with Gasteiger partial charge in [-0.05, 0) is 74.8 Å². The minimum atomic E-state index is -4.78. The third-order valence-electron chi connectivity index (χ3n) is 5.92. The zero-order chi connectivity index (χ0) is 25.0. The summed E-state index contributed by atoms with van der Waals surface area (Å²) in [5.41, 5.74) is -2.76. The Balaban J connectivity index is 1.85. The lowest BCUT2D eigenvalue weighted by Crippen LogP contribution is -2.44. The van der Waals surface area contributed by atoms with Crippen molar-refractivity contribution >= 4 is 45.4 Å². The molecule has 0 N–H and O–H groups in total. The molecule has 0 radical (unpaired) electrons. The number of rotatable bonds is 3. The number of hydrogen-bond donors (Lipinski definition) is 0. The molecular weight excluding hydrogens is 465 g/mol. The average molecular weight is 485 g/mol. The van der Waals surface area contributed by atoms with Gasteiger partial charge in [0.1, 0.15) is 5.54 Å². The van der Waals surface area contributed by atoms with Crippen molar-refractivity contribution in [1.82, 2.24) is 4.57 Å². The van der Waals surface area contributed by atoms with E-state index in [-0.39, 0.29) is 16.4 Å². The molecule has 3 aromatic rings. The Bertz CT molecular complexity index is 1450. The molecule has 1 aliphatic heterocycles. The predicted molar refractivity (Wildman–Crippen MR) is 127 cm³/mol. The van der Waals surface area contributed by atoms with Crippen LogP contribution in [0.5, 0.6) is 0 Å². The summed E-state index contributed by atoms with van der Waals surface area (Å²) in [7, 11) is 0. The normalized spacial score (nSPS) is 15.8.